The van der Waals surface area contributed by atoms with Gasteiger partial charge in [0.05, 0.1) is 6.20 Å². The van der Waals surface area contributed by atoms with Crippen LogP contribution in [-0.2, 0) is 17.1 Å². The van der Waals surface area contributed by atoms with Gasteiger partial charge in [0.2, 0.25) is 0 Å². The van der Waals surface area contributed by atoms with Gasteiger partial charge in [0, 0.05) is 18.9 Å². The Bertz CT molecular complexity index is 453. The molecule has 92 valence electrons. The third-order valence-corrected chi connectivity index (χ3v) is 5.15. The molecule has 0 radical (unpaired) electrons. The van der Waals surface area contributed by atoms with E-state index in [0.717, 1.165) is 5.33 Å². The normalized spacial score (nSPS) is 13.0. The molecule has 1 N–H and O–H groups in total. The van der Waals surface area contributed by atoms with E-state index in [0.29, 0.717) is 6.54 Å². The predicted molar refractivity (Wildman–Crippen MR) is 66.0 cm³/mol. The molecule has 5 nitrogen and oxygen atoms in total. The highest BCUT2D eigenvalue weighted by atomic mass is 79.9. The number of hydrogen-bond acceptors (Lipinski definition) is 3. The second-order valence-electron chi connectivity index (χ2n) is 4.42. The zero-order chi connectivity index (χ0) is 12.4. The lowest BCUT2D eigenvalue weighted by molar-refractivity contribution is 0.419. The van der Waals surface area contributed by atoms with Gasteiger partial charge in [-0.05, 0) is 11.5 Å². The number of aryl methyl sites for hydroxylation is 1. The summed E-state index contributed by atoms with van der Waals surface area (Å²) in [5, 5.41) is 4.74. The van der Waals surface area contributed by atoms with Gasteiger partial charge in [-0.25, -0.2) is 13.1 Å². The van der Waals surface area contributed by atoms with Crippen LogP contribution < -0.4 is 4.72 Å². The molecule has 0 aliphatic rings. The highest BCUT2D eigenvalue weighted by Crippen LogP contribution is 2.17. The zero-order valence-electron chi connectivity index (χ0n) is 9.57. The van der Waals surface area contributed by atoms with Crippen molar-refractivity contribution in [3.63, 3.8) is 0 Å². The minimum absolute atomic E-state index is 0.119. The van der Waals surface area contributed by atoms with Crippen molar-refractivity contribution in [1.29, 1.82) is 0 Å². The molecule has 1 heterocycles. The van der Waals surface area contributed by atoms with Crippen molar-refractivity contribution in [2.45, 2.75) is 18.9 Å². The van der Waals surface area contributed by atoms with E-state index in [-0.39, 0.29) is 10.4 Å². The highest BCUT2D eigenvalue weighted by molar-refractivity contribution is 9.09. The van der Waals surface area contributed by atoms with Gasteiger partial charge in [-0.15, -0.1) is 0 Å². The molecule has 0 atom stereocenters. The van der Waals surface area contributed by atoms with Crippen LogP contribution in [0.15, 0.2) is 17.3 Å². The van der Waals surface area contributed by atoms with Crippen molar-refractivity contribution in [2.24, 2.45) is 12.5 Å². The van der Waals surface area contributed by atoms with Crippen LogP contribution in [0.5, 0.6) is 0 Å². The summed E-state index contributed by atoms with van der Waals surface area (Å²) in [4.78, 5) is 0. The van der Waals surface area contributed by atoms with Crippen LogP contribution in [0.4, 0.5) is 0 Å². The predicted octanol–water partition coefficient (Wildman–Crippen LogP) is 1.12. The summed E-state index contributed by atoms with van der Waals surface area (Å²) in [5.74, 6) is 0. The van der Waals surface area contributed by atoms with Crippen molar-refractivity contribution in [1.82, 2.24) is 14.5 Å². The Labute approximate surface area is 104 Å². The summed E-state index contributed by atoms with van der Waals surface area (Å²) in [6, 6.07) is 1.48. The van der Waals surface area contributed by atoms with E-state index in [1.165, 1.54) is 16.9 Å². The number of halogens is 1. The van der Waals surface area contributed by atoms with Gasteiger partial charge in [-0.1, -0.05) is 29.8 Å². The van der Waals surface area contributed by atoms with Gasteiger partial charge in [0.15, 0.2) is 5.03 Å². The first-order valence-electron chi connectivity index (χ1n) is 4.82. The molecule has 0 aliphatic carbocycles. The second kappa shape index (κ2) is 4.85. The zero-order valence-corrected chi connectivity index (χ0v) is 12.0. The maximum atomic E-state index is 11.9. The Morgan fingerprint density at radius 3 is 2.62 bits per heavy atom. The Balaban J connectivity index is 2.79. The maximum Gasteiger partial charge on any atom is 0.257 e. The molecule has 0 spiro atoms. The Hall–Kier alpha value is -0.400. The molecule has 1 rings (SSSR count). The Morgan fingerprint density at radius 1 is 1.56 bits per heavy atom. The maximum absolute atomic E-state index is 11.9. The molecule has 0 aromatic carbocycles. The number of nitrogens with one attached hydrogen (secondary N) is 1. The van der Waals surface area contributed by atoms with Gasteiger partial charge >= 0.3 is 0 Å². The van der Waals surface area contributed by atoms with Crippen LogP contribution in [0, 0.1) is 5.41 Å². The minimum atomic E-state index is -3.46. The summed E-state index contributed by atoms with van der Waals surface area (Å²) in [6.07, 6.45) is 1.46. The lowest BCUT2D eigenvalue weighted by atomic mass is 9.98. The molecule has 0 saturated carbocycles. The molecule has 0 unspecified atom stereocenters. The molecular weight excluding hydrogens is 294 g/mol. The van der Waals surface area contributed by atoms with Crippen LogP contribution in [0.25, 0.3) is 0 Å². The molecule has 0 bridgehead atoms. The van der Waals surface area contributed by atoms with E-state index >= 15 is 0 Å². The van der Waals surface area contributed by atoms with Crippen LogP contribution in [-0.4, -0.2) is 30.1 Å². The molecular formula is C9H16BrN3O2S. The quantitative estimate of drug-likeness (QED) is 0.829. The first kappa shape index (κ1) is 13.7. The average Bonchev–Trinajstić information content (AvgIpc) is 2.63. The minimum Gasteiger partial charge on any atom is -0.256 e. The smallest absolute Gasteiger partial charge is 0.256 e. The average molecular weight is 310 g/mol. The summed E-state index contributed by atoms with van der Waals surface area (Å²) in [6.45, 7) is 4.34. The van der Waals surface area contributed by atoms with E-state index in [2.05, 4.69) is 25.8 Å². The van der Waals surface area contributed by atoms with Crippen LogP contribution in [0.1, 0.15) is 13.8 Å². The van der Waals surface area contributed by atoms with Crippen LogP contribution in [0.3, 0.4) is 0 Å². The number of alkyl halides is 1. The monoisotopic (exact) mass is 309 g/mol. The third kappa shape index (κ3) is 3.29. The van der Waals surface area contributed by atoms with Crippen molar-refractivity contribution in [3.05, 3.63) is 12.3 Å². The van der Waals surface area contributed by atoms with Gasteiger partial charge in [-0.3, -0.25) is 4.68 Å². The summed E-state index contributed by atoms with van der Waals surface area (Å²) < 4.78 is 27.7. The van der Waals surface area contributed by atoms with Crippen molar-refractivity contribution in [2.75, 3.05) is 11.9 Å². The third-order valence-electron chi connectivity index (χ3n) is 2.15. The first-order chi connectivity index (χ1) is 7.28. The fourth-order valence-electron chi connectivity index (χ4n) is 1.04. The fourth-order valence-corrected chi connectivity index (χ4v) is 2.60. The van der Waals surface area contributed by atoms with Crippen molar-refractivity contribution in [3.8, 4) is 0 Å². The molecule has 7 heteroatoms. The Kier molecular flexibility index (Phi) is 4.14. The highest BCUT2D eigenvalue weighted by Gasteiger charge is 2.23. The van der Waals surface area contributed by atoms with E-state index in [4.69, 9.17) is 0 Å². The van der Waals surface area contributed by atoms with Crippen LogP contribution in [0.2, 0.25) is 0 Å². The molecule has 0 fully saturated rings. The Morgan fingerprint density at radius 2 is 2.19 bits per heavy atom. The van der Waals surface area contributed by atoms with E-state index < -0.39 is 10.0 Å². The fraction of sp³-hybridized carbons (Fsp3) is 0.667. The van der Waals surface area contributed by atoms with E-state index in [1.54, 1.807) is 7.05 Å². The molecule has 0 aliphatic heterocycles. The van der Waals surface area contributed by atoms with Crippen molar-refractivity contribution >= 4 is 26.0 Å². The number of aromatic nitrogens is 2. The van der Waals surface area contributed by atoms with Gasteiger partial charge < -0.3 is 0 Å². The van der Waals surface area contributed by atoms with Crippen molar-refractivity contribution < 1.29 is 8.42 Å². The molecule has 1 aromatic heterocycles. The number of nitrogens with zero attached hydrogens (tertiary/aromatic N) is 2. The summed E-state index contributed by atoms with van der Waals surface area (Å²) in [5.41, 5.74) is -0.119. The van der Waals surface area contributed by atoms with Gasteiger partial charge in [0.1, 0.15) is 0 Å². The summed E-state index contributed by atoms with van der Waals surface area (Å²) >= 11 is 3.35. The summed E-state index contributed by atoms with van der Waals surface area (Å²) in [7, 11) is -1.86. The standard InChI is InChI=1S/C9H16BrN3O2S/c1-9(2,6-10)7-12-16(14,15)8-4-5-11-13(8)3/h4-5,12H,6-7H2,1-3H3. The molecule has 0 saturated heterocycles. The second-order valence-corrected chi connectivity index (χ2v) is 6.69. The molecule has 16 heavy (non-hydrogen) atoms. The van der Waals surface area contributed by atoms with E-state index in [1.807, 2.05) is 13.8 Å². The number of hydrogen-bond donors (Lipinski definition) is 1. The first-order valence-corrected chi connectivity index (χ1v) is 7.43. The van der Waals surface area contributed by atoms with E-state index in [9.17, 15) is 8.42 Å². The number of rotatable bonds is 5. The lowest BCUT2D eigenvalue weighted by Crippen LogP contribution is -2.35. The molecule has 1 aromatic rings. The van der Waals surface area contributed by atoms with Gasteiger partial charge in [-0.2, -0.15) is 5.10 Å². The lowest BCUT2D eigenvalue weighted by Gasteiger charge is -2.21. The number of sulfonamides is 1. The SMILES string of the molecule is Cn1nccc1S(=O)(=O)NCC(C)(C)CBr. The van der Waals surface area contributed by atoms with Gasteiger partial charge in [0.25, 0.3) is 10.0 Å². The topological polar surface area (TPSA) is 64.0 Å². The largest absolute Gasteiger partial charge is 0.257 e. The van der Waals surface area contributed by atoms with Crippen LogP contribution >= 0.6 is 15.9 Å². The molecule has 0 amide bonds.